The molecule has 0 bridgehead atoms. The maximum Gasteiger partial charge on any atom is 0.248 e. The lowest BCUT2D eigenvalue weighted by atomic mass is 9.98. The number of carbonyl (C=O) groups is 5. The highest BCUT2D eigenvalue weighted by atomic mass is 16.5. The maximum absolute atomic E-state index is 12.9. The van der Waals surface area contributed by atoms with Crippen molar-refractivity contribution >= 4 is 52.3 Å². The molecule has 508 valence electrons. The molecule has 17 heteroatoms. The standard InChI is InChI=1S/C29H30N2O4.C26H30N2O4.C26H28N2O3/c30-29(33)22-9-6-10-24(15-22)31-18-23(17-28(31)32)21-13-14-26(34-19-20-7-2-1-3-8-20)27(16-21)35-25-11-4-5-12-25;27-26(30)19-4-3-5-21(12-19)28-15-20(14-25(28)29)18-10-11-23(31-16-17-8-9-17)24(13-18)32-22-6-1-2-7-22;1-27-21-5-4-6-22(15-21)28-16-20(14-26(28)29)19-11-12-24(30-17-18-9-10-18)25(13-19)31-23-7-2-3-8-23/h1-3,6-10,13-16,23,25H,4-5,11-12,17-19H2,(H2,30,33);3-5,10-13,17,20,22H,1-2,6-9,14-16H2,(H2,27,30);4-6,11-13,15,18,20,23H,2-3,7-10,14,16-17H2/t23-;2*20-/m111/s1. The summed E-state index contributed by atoms with van der Waals surface area (Å²) in [6, 6.07) is 49.6. The highest BCUT2D eigenvalue weighted by molar-refractivity contribution is 6.01. The molecule has 15 rings (SSSR count). The van der Waals surface area contributed by atoms with Crippen molar-refractivity contribution in [2.45, 2.75) is 165 Å². The van der Waals surface area contributed by atoms with E-state index in [0.717, 1.165) is 114 Å². The monoisotopic (exact) mass is 1320 g/mol. The summed E-state index contributed by atoms with van der Waals surface area (Å²) in [4.78, 5) is 70.3. The number of rotatable bonds is 23. The average Bonchev–Trinajstić information content (AvgIpc) is 1.64. The summed E-state index contributed by atoms with van der Waals surface area (Å²) in [5.74, 6) is 5.44. The number of amides is 5. The van der Waals surface area contributed by atoms with E-state index in [2.05, 4.69) is 29.1 Å². The van der Waals surface area contributed by atoms with Crippen molar-refractivity contribution in [3.05, 3.63) is 203 Å². The molecule has 3 atom stereocenters. The van der Waals surface area contributed by atoms with Crippen LogP contribution in [0.5, 0.6) is 34.5 Å². The first-order chi connectivity index (χ1) is 47.8. The minimum absolute atomic E-state index is 0.0221. The Morgan fingerprint density at radius 1 is 0.408 bits per heavy atom. The number of ether oxygens (including phenoxy) is 6. The van der Waals surface area contributed by atoms with Gasteiger partial charge in [-0.1, -0.05) is 72.8 Å². The maximum atomic E-state index is 12.9. The van der Waals surface area contributed by atoms with Gasteiger partial charge in [0, 0.05) is 84.8 Å². The van der Waals surface area contributed by atoms with E-state index in [1.165, 1.54) is 64.2 Å². The summed E-state index contributed by atoms with van der Waals surface area (Å²) in [7, 11) is 0. The fourth-order valence-electron chi connectivity index (χ4n) is 14.2. The van der Waals surface area contributed by atoms with Gasteiger partial charge < -0.3 is 54.6 Å². The molecule has 0 aromatic heterocycles. The number of benzene rings is 7. The normalized spacial score (nSPS) is 20.1. The van der Waals surface area contributed by atoms with Crippen LogP contribution < -0.4 is 54.6 Å². The fourth-order valence-corrected chi connectivity index (χ4v) is 14.2. The molecule has 4 N–H and O–H groups in total. The number of anilines is 3. The van der Waals surface area contributed by atoms with Crippen molar-refractivity contribution < 1.29 is 52.4 Å². The zero-order chi connectivity index (χ0) is 67.5. The van der Waals surface area contributed by atoms with Crippen LogP contribution in [0.1, 0.15) is 183 Å². The number of hydrogen-bond donors (Lipinski definition) is 2. The number of carbonyl (C=O) groups excluding carboxylic acids is 5. The van der Waals surface area contributed by atoms with Crippen LogP contribution in [-0.4, -0.2) is 80.7 Å². The van der Waals surface area contributed by atoms with Crippen molar-refractivity contribution in [3.8, 4) is 34.5 Å². The Hall–Kier alpha value is -9.82. The lowest BCUT2D eigenvalue weighted by Crippen LogP contribution is -2.24. The SMILES string of the molecule is NC(=O)c1cccc(N2C[C@H](c3ccc(OCC4CC4)c(OC4CCCC4)c3)CC2=O)c1.NC(=O)c1cccc(N2C[C@H](c3ccc(OCc4ccccc4)c(OC4CCCC4)c3)CC2=O)c1.[C-]#[N+]c1cccc(N2C[C@H](c3ccc(OCC4CC4)c(OC4CCCC4)c3)CC2=O)c1. The molecule has 5 amide bonds. The van der Waals surface area contributed by atoms with E-state index < -0.39 is 11.8 Å². The Kier molecular flexibility index (Phi) is 21.2. The van der Waals surface area contributed by atoms with Crippen LogP contribution in [0.25, 0.3) is 4.85 Å². The van der Waals surface area contributed by atoms with E-state index in [1.807, 2.05) is 84.9 Å². The molecule has 3 saturated heterocycles. The summed E-state index contributed by atoms with van der Waals surface area (Å²) in [5, 5.41) is 0. The molecule has 17 nitrogen and oxygen atoms in total. The molecule has 3 heterocycles. The molecule has 7 aromatic carbocycles. The smallest absolute Gasteiger partial charge is 0.248 e. The Bertz CT molecular complexity index is 4030. The van der Waals surface area contributed by atoms with Crippen LogP contribution in [0.2, 0.25) is 0 Å². The first-order valence-corrected chi connectivity index (χ1v) is 35.4. The van der Waals surface area contributed by atoms with Gasteiger partial charge in [0.2, 0.25) is 29.5 Å². The first kappa shape index (κ1) is 66.8. The Balaban J connectivity index is 0.000000133. The Morgan fingerprint density at radius 3 is 1.14 bits per heavy atom. The van der Waals surface area contributed by atoms with E-state index in [-0.39, 0.29) is 53.8 Å². The zero-order valence-corrected chi connectivity index (χ0v) is 55.7. The van der Waals surface area contributed by atoms with Crippen LogP contribution >= 0.6 is 0 Å². The highest BCUT2D eigenvalue weighted by Crippen LogP contribution is 2.44. The van der Waals surface area contributed by atoms with E-state index >= 15 is 0 Å². The van der Waals surface area contributed by atoms with Crippen LogP contribution in [0.4, 0.5) is 22.7 Å². The molecule has 5 saturated carbocycles. The van der Waals surface area contributed by atoms with E-state index in [0.29, 0.717) is 85.5 Å². The fraction of sp³-hybridized carbons (Fsp3) is 0.407. The summed E-state index contributed by atoms with van der Waals surface area (Å²) in [5.41, 5.74) is 18.7. The Morgan fingerprint density at radius 2 is 0.776 bits per heavy atom. The molecule has 0 spiro atoms. The average molecular weight is 1320 g/mol. The van der Waals surface area contributed by atoms with Gasteiger partial charge in [-0.3, -0.25) is 24.0 Å². The van der Waals surface area contributed by atoms with E-state index in [1.54, 1.807) is 63.2 Å². The quantitative estimate of drug-likeness (QED) is 0.0576. The molecule has 7 aromatic rings. The van der Waals surface area contributed by atoms with Crippen LogP contribution in [0, 0.1) is 18.4 Å². The van der Waals surface area contributed by atoms with Gasteiger partial charge in [-0.2, -0.15) is 0 Å². The van der Waals surface area contributed by atoms with Crippen molar-refractivity contribution in [1.82, 2.24) is 0 Å². The molecule has 3 aliphatic heterocycles. The van der Waals surface area contributed by atoms with Gasteiger partial charge in [-0.05, 0) is 222 Å². The third kappa shape index (κ3) is 17.1. The summed E-state index contributed by atoms with van der Waals surface area (Å²) in [6.07, 6.45) is 20.7. The lowest BCUT2D eigenvalue weighted by molar-refractivity contribution is -0.118. The second kappa shape index (κ2) is 31.1. The molecule has 8 fully saturated rings. The summed E-state index contributed by atoms with van der Waals surface area (Å²) < 4.78 is 37.5. The van der Waals surface area contributed by atoms with Gasteiger partial charge in [-0.15, -0.1) is 0 Å². The van der Waals surface area contributed by atoms with Crippen LogP contribution in [0.3, 0.4) is 0 Å². The second-order valence-corrected chi connectivity index (χ2v) is 27.7. The van der Waals surface area contributed by atoms with Gasteiger partial charge in [0.05, 0.1) is 38.1 Å². The molecule has 0 unspecified atom stereocenters. The molecule has 8 aliphatic rings. The number of primary amides is 2. The third-order valence-electron chi connectivity index (χ3n) is 20.2. The van der Waals surface area contributed by atoms with Gasteiger partial charge in [0.25, 0.3) is 0 Å². The molecule has 98 heavy (non-hydrogen) atoms. The molecule has 5 aliphatic carbocycles. The van der Waals surface area contributed by atoms with Crippen molar-refractivity contribution in [1.29, 1.82) is 0 Å². The first-order valence-electron chi connectivity index (χ1n) is 35.4. The molecular weight excluding hydrogens is 1230 g/mol. The minimum Gasteiger partial charge on any atom is -0.489 e. The summed E-state index contributed by atoms with van der Waals surface area (Å²) in [6.45, 7) is 10.9. The summed E-state index contributed by atoms with van der Waals surface area (Å²) >= 11 is 0. The number of nitrogens with zero attached hydrogens (tertiary/aromatic N) is 4. The molecule has 0 radical (unpaired) electrons. The van der Waals surface area contributed by atoms with E-state index in [4.69, 9.17) is 46.5 Å². The van der Waals surface area contributed by atoms with Gasteiger partial charge in [0.1, 0.15) is 6.61 Å². The topological polar surface area (TPSA) is 207 Å². The van der Waals surface area contributed by atoms with Crippen molar-refractivity contribution in [2.75, 3.05) is 47.5 Å². The van der Waals surface area contributed by atoms with Crippen molar-refractivity contribution in [2.24, 2.45) is 23.3 Å². The van der Waals surface area contributed by atoms with E-state index in [9.17, 15) is 24.0 Å². The predicted octanol–water partition coefficient (Wildman–Crippen LogP) is 15.5. The number of hydrogen-bond acceptors (Lipinski definition) is 11. The highest BCUT2D eigenvalue weighted by Gasteiger charge is 2.37. The zero-order valence-electron chi connectivity index (χ0n) is 55.7. The second-order valence-electron chi connectivity index (χ2n) is 27.7. The van der Waals surface area contributed by atoms with Crippen LogP contribution in [0.15, 0.2) is 158 Å². The number of nitrogens with two attached hydrogens (primary N) is 2. The van der Waals surface area contributed by atoms with Crippen molar-refractivity contribution in [3.63, 3.8) is 0 Å². The van der Waals surface area contributed by atoms with Crippen LogP contribution in [-0.2, 0) is 21.0 Å². The molecular formula is C81H88N6O11. The minimum atomic E-state index is -0.505. The third-order valence-corrected chi connectivity index (χ3v) is 20.2. The Labute approximate surface area is 574 Å². The van der Waals surface area contributed by atoms with Gasteiger partial charge in [0.15, 0.2) is 40.2 Å². The largest absolute Gasteiger partial charge is 0.489 e. The lowest BCUT2D eigenvalue weighted by Gasteiger charge is -2.20. The van der Waals surface area contributed by atoms with Gasteiger partial charge >= 0.3 is 0 Å². The predicted molar refractivity (Wildman–Crippen MR) is 377 cm³/mol. The van der Waals surface area contributed by atoms with Gasteiger partial charge in [-0.25, -0.2) is 4.85 Å².